The van der Waals surface area contributed by atoms with Gasteiger partial charge in [0.2, 0.25) is 0 Å². The summed E-state index contributed by atoms with van der Waals surface area (Å²) >= 11 is 0. The van der Waals surface area contributed by atoms with Crippen molar-refractivity contribution in [1.29, 1.82) is 0 Å². The molecule has 0 atom stereocenters. The Morgan fingerprint density at radius 2 is 2.26 bits per heavy atom. The number of carbonyl (C=O) groups excluding carboxylic acids is 1. The number of nitrogens with two attached hydrogens (primary N) is 1. The maximum Gasteiger partial charge on any atom is 0.262 e. The van der Waals surface area contributed by atoms with Crippen molar-refractivity contribution in [2.45, 2.75) is 32.2 Å². The summed E-state index contributed by atoms with van der Waals surface area (Å²) < 4.78 is 5.38. The van der Waals surface area contributed by atoms with Crippen LogP contribution in [0.4, 0.5) is 17.1 Å². The van der Waals surface area contributed by atoms with Crippen molar-refractivity contribution in [2.24, 2.45) is 0 Å². The molecule has 0 radical (unpaired) electrons. The van der Waals surface area contributed by atoms with Gasteiger partial charge in [0.25, 0.3) is 5.91 Å². The fraction of sp³-hybridized carbons (Fsp3) is 0.500. The first-order valence-corrected chi connectivity index (χ1v) is 6.82. The normalized spacial score (nSPS) is 17.4. The maximum absolute atomic E-state index is 11.4. The molecule has 5 heteroatoms. The van der Waals surface area contributed by atoms with Gasteiger partial charge in [0.1, 0.15) is 5.75 Å². The summed E-state index contributed by atoms with van der Waals surface area (Å²) in [4.78, 5) is 13.7. The summed E-state index contributed by atoms with van der Waals surface area (Å²) in [5.41, 5.74) is 8.59. The summed E-state index contributed by atoms with van der Waals surface area (Å²) in [6.45, 7) is 3.21. The van der Waals surface area contributed by atoms with Gasteiger partial charge in [-0.1, -0.05) is 6.92 Å². The molecule has 3 N–H and O–H groups in total. The van der Waals surface area contributed by atoms with Gasteiger partial charge in [0.05, 0.1) is 17.1 Å². The van der Waals surface area contributed by atoms with E-state index in [9.17, 15) is 4.79 Å². The molecule has 5 nitrogen and oxygen atoms in total. The van der Waals surface area contributed by atoms with Crippen LogP contribution in [0.15, 0.2) is 12.1 Å². The first-order chi connectivity index (χ1) is 9.19. The second-order valence-corrected chi connectivity index (χ2v) is 5.17. The molecule has 3 rings (SSSR count). The van der Waals surface area contributed by atoms with Crippen LogP contribution in [0.1, 0.15) is 26.2 Å². The number of carbonyl (C=O) groups is 1. The van der Waals surface area contributed by atoms with Crippen LogP contribution in [0.5, 0.6) is 5.75 Å². The van der Waals surface area contributed by atoms with Crippen molar-refractivity contribution in [1.82, 2.24) is 0 Å². The Hall–Kier alpha value is -1.91. The van der Waals surface area contributed by atoms with E-state index >= 15 is 0 Å². The van der Waals surface area contributed by atoms with E-state index < -0.39 is 0 Å². The topological polar surface area (TPSA) is 67.6 Å². The molecule has 102 valence electrons. The van der Waals surface area contributed by atoms with Crippen LogP contribution in [0, 0.1) is 0 Å². The number of anilines is 3. The minimum absolute atomic E-state index is 0.0626. The fourth-order valence-electron chi connectivity index (χ4n) is 2.51. The van der Waals surface area contributed by atoms with E-state index in [1.54, 1.807) is 0 Å². The molecule has 0 unspecified atom stereocenters. The van der Waals surface area contributed by atoms with Crippen molar-refractivity contribution < 1.29 is 9.53 Å². The number of amides is 1. The van der Waals surface area contributed by atoms with Crippen LogP contribution in [0.25, 0.3) is 0 Å². The van der Waals surface area contributed by atoms with Crippen LogP contribution >= 0.6 is 0 Å². The highest BCUT2D eigenvalue weighted by atomic mass is 16.5. The minimum atomic E-state index is -0.114. The highest BCUT2D eigenvalue weighted by Gasteiger charge is 2.30. The number of fused-ring (bicyclic) bond motifs is 1. The van der Waals surface area contributed by atoms with Crippen molar-refractivity contribution in [3.8, 4) is 5.75 Å². The van der Waals surface area contributed by atoms with Crippen LogP contribution in [-0.4, -0.2) is 25.1 Å². The number of ether oxygens (including phenoxy) is 1. The summed E-state index contributed by atoms with van der Waals surface area (Å²) in [7, 11) is 0. The van der Waals surface area contributed by atoms with Gasteiger partial charge in [-0.05, 0) is 25.3 Å². The van der Waals surface area contributed by atoms with Gasteiger partial charge in [-0.2, -0.15) is 0 Å². The second kappa shape index (κ2) is 4.64. The van der Waals surface area contributed by atoms with Crippen molar-refractivity contribution in [2.75, 3.05) is 29.1 Å². The summed E-state index contributed by atoms with van der Waals surface area (Å²) in [5, 5.41) is 2.84. The number of nitrogens with one attached hydrogen (secondary N) is 1. The van der Waals surface area contributed by atoms with Gasteiger partial charge in [-0.3, -0.25) is 4.79 Å². The average molecular weight is 261 g/mol. The standard InChI is InChI=1S/C14H19N3O2/c1-2-5-17(9-3-4-9)12-7-11-13(6-10(12)15)19-8-14(18)16-11/h6-7,9H,2-5,8,15H2,1H3,(H,16,18). The molecule has 1 aromatic carbocycles. The summed E-state index contributed by atoms with van der Waals surface area (Å²) in [6, 6.07) is 4.35. The number of nitrogens with zero attached hydrogens (tertiary/aromatic N) is 1. The number of hydrogen-bond acceptors (Lipinski definition) is 4. The Labute approximate surface area is 112 Å². The van der Waals surface area contributed by atoms with Gasteiger partial charge < -0.3 is 20.7 Å². The molecule has 0 saturated heterocycles. The van der Waals surface area contributed by atoms with Crippen LogP contribution < -0.4 is 20.7 Å². The second-order valence-electron chi connectivity index (χ2n) is 5.17. The van der Waals surface area contributed by atoms with E-state index in [1.807, 2.05) is 12.1 Å². The molecule has 1 heterocycles. The fourth-order valence-corrected chi connectivity index (χ4v) is 2.51. The number of nitrogen functional groups attached to an aromatic ring is 1. The van der Waals surface area contributed by atoms with Gasteiger partial charge >= 0.3 is 0 Å². The van der Waals surface area contributed by atoms with Crippen molar-refractivity contribution in [3.63, 3.8) is 0 Å². The molecule has 2 aliphatic rings. The minimum Gasteiger partial charge on any atom is -0.482 e. The van der Waals surface area contributed by atoms with Crippen LogP contribution in [0.2, 0.25) is 0 Å². The molecular weight excluding hydrogens is 242 g/mol. The molecule has 1 saturated carbocycles. The lowest BCUT2D eigenvalue weighted by Gasteiger charge is -2.28. The summed E-state index contributed by atoms with van der Waals surface area (Å²) in [6.07, 6.45) is 3.52. The first-order valence-electron chi connectivity index (χ1n) is 6.82. The predicted octanol–water partition coefficient (Wildman–Crippen LogP) is 1.98. The quantitative estimate of drug-likeness (QED) is 0.813. The Morgan fingerprint density at radius 1 is 1.47 bits per heavy atom. The van der Waals surface area contributed by atoms with Gasteiger partial charge in [0.15, 0.2) is 6.61 Å². The van der Waals surface area contributed by atoms with Crippen molar-refractivity contribution >= 4 is 23.0 Å². The maximum atomic E-state index is 11.4. The molecule has 0 spiro atoms. The number of rotatable bonds is 4. The summed E-state index contributed by atoms with van der Waals surface area (Å²) in [5.74, 6) is 0.546. The van der Waals surface area contributed by atoms with Crippen LogP contribution in [0.3, 0.4) is 0 Å². The SMILES string of the molecule is CCCN(c1cc2c(cc1N)OCC(=O)N2)C1CC1. The molecule has 1 aromatic rings. The molecule has 1 aliphatic heterocycles. The average Bonchev–Trinajstić information content (AvgIpc) is 3.20. The highest BCUT2D eigenvalue weighted by molar-refractivity contribution is 5.97. The van der Waals surface area contributed by atoms with E-state index in [0.717, 1.165) is 30.0 Å². The molecule has 1 amide bonds. The smallest absolute Gasteiger partial charge is 0.262 e. The predicted molar refractivity (Wildman–Crippen MR) is 75.6 cm³/mol. The first kappa shape index (κ1) is 12.1. The zero-order valence-electron chi connectivity index (χ0n) is 11.1. The van der Waals surface area contributed by atoms with E-state index in [4.69, 9.17) is 10.5 Å². The Balaban J connectivity index is 1.96. The largest absolute Gasteiger partial charge is 0.482 e. The highest BCUT2D eigenvalue weighted by Crippen LogP contribution is 2.41. The lowest BCUT2D eigenvalue weighted by molar-refractivity contribution is -0.118. The Morgan fingerprint density at radius 3 is 2.95 bits per heavy atom. The van der Waals surface area contributed by atoms with E-state index in [2.05, 4.69) is 17.1 Å². The Kier molecular flexibility index (Phi) is 2.97. The zero-order chi connectivity index (χ0) is 13.4. The van der Waals surface area contributed by atoms with Crippen molar-refractivity contribution in [3.05, 3.63) is 12.1 Å². The monoisotopic (exact) mass is 261 g/mol. The van der Waals surface area contributed by atoms with Gasteiger partial charge in [-0.15, -0.1) is 0 Å². The van der Waals surface area contributed by atoms with Gasteiger partial charge in [-0.25, -0.2) is 0 Å². The molecular formula is C14H19N3O2. The molecule has 1 aliphatic carbocycles. The van der Waals surface area contributed by atoms with Gasteiger partial charge in [0, 0.05) is 18.7 Å². The molecule has 1 fully saturated rings. The number of hydrogen-bond donors (Lipinski definition) is 2. The zero-order valence-corrected chi connectivity index (χ0v) is 11.1. The van der Waals surface area contributed by atoms with E-state index in [-0.39, 0.29) is 12.5 Å². The lowest BCUT2D eigenvalue weighted by atomic mass is 10.1. The third-order valence-electron chi connectivity index (χ3n) is 3.52. The molecule has 0 bridgehead atoms. The van der Waals surface area contributed by atoms with E-state index in [1.165, 1.54) is 12.8 Å². The number of benzene rings is 1. The third-order valence-corrected chi connectivity index (χ3v) is 3.52. The lowest BCUT2D eigenvalue weighted by Crippen LogP contribution is -2.29. The molecule has 0 aromatic heterocycles. The Bertz CT molecular complexity index is 512. The van der Waals surface area contributed by atoms with Crippen LogP contribution in [-0.2, 0) is 4.79 Å². The molecule has 19 heavy (non-hydrogen) atoms. The van der Waals surface area contributed by atoms with E-state index in [0.29, 0.717) is 11.8 Å². The third kappa shape index (κ3) is 2.32.